The molecule has 1 unspecified atom stereocenters. The van der Waals surface area contributed by atoms with E-state index in [0.29, 0.717) is 17.8 Å². The van der Waals surface area contributed by atoms with Gasteiger partial charge in [0.25, 0.3) is 5.91 Å². The number of carbonyl (C=O) groups excluding carboxylic acids is 3. The molecule has 1 saturated heterocycles. The quantitative estimate of drug-likeness (QED) is 0.797. The van der Waals surface area contributed by atoms with Crippen molar-refractivity contribution in [2.75, 3.05) is 17.2 Å². The Kier molecular flexibility index (Phi) is 5.57. The van der Waals surface area contributed by atoms with Gasteiger partial charge in [-0.05, 0) is 80.6 Å². The SMILES string of the molecule is CC(C)N1CC(C(=O)Nc2ccc(C(=O)Nc3ccc4c(c3)CCC4)cc2)CC1=O. The van der Waals surface area contributed by atoms with E-state index >= 15 is 0 Å². The van der Waals surface area contributed by atoms with E-state index < -0.39 is 0 Å². The minimum Gasteiger partial charge on any atom is -0.339 e. The van der Waals surface area contributed by atoms with Crippen LogP contribution in [0.5, 0.6) is 0 Å². The average molecular weight is 405 g/mol. The second-order valence-corrected chi connectivity index (χ2v) is 8.40. The van der Waals surface area contributed by atoms with Crippen LogP contribution < -0.4 is 10.6 Å². The highest BCUT2D eigenvalue weighted by Gasteiger charge is 2.35. The number of nitrogens with zero attached hydrogens (tertiary/aromatic N) is 1. The Morgan fingerprint density at radius 2 is 1.67 bits per heavy atom. The molecule has 2 N–H and O–H groups in total. The molecule has 1 atom stereocenters. The molecule has 6 nitrogen and oxygen atoms in total. The van der Waals surface area contributed by atoms with E-state index in [1.165, 1.54) is 17.5 Å². The van der Waals surface area contributed by atoms with Crippen molar-refractivity contribution in [3.05, 3.63) is 59.2 Å². The van der Waals surface area contributed by atoms with Gasteiger partial charge in [-0.1, -0.05) is 6.07 Å². The third-order valence-corrected chi connectivity index (χ3v) is 5.92. The van der Waals surface area contributed by atoms with Gasteiger partial charge in [0.15, 0.2) is 0 Å². The average Bonchev–Trinajstić information content (AvgIpc) is 3.34. The molecular formula is C24H27N3O3. The summed E-state index contributed by atoms with van der Waals surface area (Å²) in [6.07, 6.45) is 3.59. The highest BCUT2D eigenvalue weighted by Crippen LogP contribution is 2.25. The second kappa shape index (κ2) is 8.30. The summed E-state index contributed by atoms with van der Waals surface area (Å²) in [6.45, 7) is 4.35. The van der Waals surface area contributed by atoms with E-state index in [0.717, 1.165) is 18.5 Å². The summed E-state index contributed by atoms with van der Waals surface area (Å²) in [5.41, 5.74) is 4.62. The molecule has 1 aliphatic heterocycles. The molecule has 4 rings (SSSR count). The van der Waals surface area contributed by atoms with Crippen LogP contribution in [0.25, 0.3) is 0 Å². The number of anilines is 2. The summed E-state index contributed by atoms with van der Waals surface area (Å²) >= 11 is 0. The zero-order valence-corrected chi connectivity index (χ0v) is 17.4. The van der Waals surface area contributed by atoms with Gasteiger partial charge in [-0.25, -0.2) is 0 Å². The van der Waals surface area contributed by atoms with Gasteiger partial charge in [0.05, 0.1) is 5.92 Å². The summed E-state index contributed by atoms with van der Waals surface area (Å²) < 4.78 is 0. The van der Waals surface area contributed by atoms with Gasteiger partial charge >= 0.3 is 0 Å². The Morgan fingerprint density at radius 1 is 0.967 bits per heavy atom. The van der Waals surface area contributed by atoms with Gasteiger partial charge in [-0.15, -0.1) is 0 Å². The van der Waals surface area contributed by atoms with Gasteiger partial charge < -0.3 is 15.5 Å². The maximum absolute atomic E-state index is 12.6. The predicted octanol–water partition coefficient (Wildman–Crippen LogP) is 3.62. The molecule has 0 saturated carbocycles. The molecule has 30 heavy (non-hydrogen) atoms. The molecule has 0 bridgehead atoms. The summed E-state index contributed by atoms with van der Waals surface area (Å²) in [7, 11) is 0. The molecule has 1 aliphatic carbocycles. The van der Waals surface area contributed by atoms with Gasteiger partial charge in [0.1, 0.15) is 0 Å². The summed E-state index contributed by atoms with van der Waals surface area (Å²) in [6, 6.07) is 13.0. The van der Waals surface area contributed by atoms with Crippen LogP contribution in [0.3, 0.4) is 0 Å². The van der Waals surface area contributed by atoms with Crippen LogP contribution in [0.15, 0.2) is 42.5 Å². The first-order valence-corrected chi connectivity index (χ1v) is 10.5. The fourth-order valence-electron chi connectivity index (χ4n) is 4.21. The zero-order chi connectivity index (χ0) is 21.3. The summed E-state index contributed by atoms with van der Waals surface area (Å²) in [5.74, 6) is -0.673. The highest BCUT2D eigenvalue weighted by atomic mass is 16.2. The lowest BCUT2D eigenvalue weighted by Crippen LogP contribution is -2.33. The second-order valence-electron chi connectivity index (χ2n) is 8.40. The van der Waals surface area contributed by atoms with E-state index in [4.69, 9.17) is 0 Å². The Bertz CT molecular complexity index is 982. The molecule has 1 fully saturated rings. The first kappa shape index (κ1) is 20.1. The number of likely N-dealkylation sites (tertiary alicyclic amines) is 1. The lowest BCUT2D eigenvalue weighted by Gasteiger charge is -2.20. The van der Waals surface area contributed by atoms with Gasteiger partial charge in [-0.3, -0.25) is 14.4 Å². The van der Waals surface area contributed by atoms with Crippen LogP contribution >= 0.6 is 0 Å². The first-order valence-electron chi connectivity index (χ1n) is 10.5. The number of hydrogen-bond acceptors (Lipinski definition) is 3. The largest absolute Gasteiger partial charge is 0.339 e. The van der Waals surface area contributed by atoms with Crippen molar-refractivity contribution in [2.45, 2.75) is 45.6 Å². The van der Waals surface area contributed by atoms with E-state index in [2.05, 4.69) is 22.8 Å². The highest BCUT2D eigenvalue weighted by molar-refractivity contribution is 6.05. The molecule has 2 aliphatic rings. The summed E-state index contributed by atoms with van der Waals surface area (Å²) in [5, 5.41) is 5.80. The molecular weight excluding hydrogens is 378 g/mol. The minimum atomic E-state index is -0.345. The van der Waals surface area contributed by atoms with Crippen molar-refractivity contribution in [3.63, 3.8) is 0 Å². The lowest BCUT2D eigenvalue weighted by molar-refractivity contribution is -0.129. The topological polar surface area (TPSA) is 78.5 Å². The molecule has 0 aromatic heterocycles. The third kappa shape index (κ3) is 4.22. The fourth-order valence-corrected chi connectivity index (χ4v) is 4.21. The van der Waals surface area contributed by atoms with Crippen molar-refractivity contribution in [1.82, 2.24) is 4.90 Å². The predicted molar refractivity (Wildman–Crippen MR) is 116 cm³/mol. The summed E-state index contributed by atoms with van der Waals surface area (Å²) in [4.78, 5) is 38.8. The number of hydrogen-bond donors (Lipinski definition) is 2. The Labute approximate surface area is 176 Å². The smallest absolute Gasteiger partial charge is 0.255 e. The number of aryl methyl sites for hydroxylation is 2. The fraction of sp³-hybridized carbons (Fsp3) is 0.375. The minimum absolute atomic E-state index is 0.0173. The van der Waals surface area contributed by atoms with Gasteiger partial charge in [-0.2, -0.15) is 0 Å². The van der Waals surface area contributed by atoms with E-state index in [1.807, 2.05) is 19.9 Å². The van der Waals surface area contributed by atoms with Crippen LogP contribution in [-0.4, -0.2) is 35.2 Å². The Morgan fingerprint density at radius 3 is 2.37 bits per heavy atom. The van der Waals surface area contributed by atoms with Crippen LogP contribution in [0.1, 0.15) is 48.2 Å². The zero-order valence-electron chi connectivity index (χ0n) is 17.4. The standard InChI is InChI=1S/C24H27N3O3/c1-15(2)27-14-19(13-22(27)28)24(30)25-20-9-7-17(8-10-20)23(29)26-21-11-6-16-4-3-5-18(16)12-21/h6-12,15,19H,3-5,13-14H2,1-2H3,(H,25,30)(H,26,29). The van der Waals surface area contributed by atoms with Crippen molar-refractivity contribution in [2.24, 2.45) is 5.92 Å². The number of benzene rings is 2. The number of rotatable bonds is 5. The number of nitrogens with one attached hydrogen (secondary N) is 2. The van der Waals surface area contributed by atoms with E-state index in [9.17, 15) is 14.4 Å². The first-order chi connectivity index (χ1) is 14.4. The normalized spacial score (nSPS) is 17.9. The van der Waals surface area contributed by atoms with Crippen molar-refractivity contribution < 1.29 is 14.4 Å². The van der Waals surface area contributed by atoms with Crippen LogP contribution in [0, 0.1) is 5.92 Å². The Hall–Kier alpha value is -3.15. The molecule has 0 spiro atoms. The Balaban J connectivity index is 1.35. The maximum Gasteiger partial charge on any atom is 0.255 e. The lowest BCUT2D eigenvalue weighted by atomic mass is 10.1. The van der Waals surface area contributed by atoms with Crippen molar-refractivity contribution in [3.8, 4) is 0 Å². The molecule has 6 heteroatoms. The molecule has 2 aromatic carbocycles. The molecule has 156 valence electrons. The van der Waals surface area contributed by atoms with Crippen LogP contribution in [0.2, 0.25) is 0 Å². The van der Waals surface area contributed by atoms with Gasteiger partial charge in [0, 0.05) is 35.9 Å². The molecule has 0 radical (unpaired) electrons. The number of carbonyl (C=O) groups is 3. The van der Waals surface area contributed by atoms with Crippen LogP contribution in [0.4, 0.5) is 11.4 Å². The third-order valence-electron chi connectivity index (χ3n) is 5.92. The van der Waals surface area contributed by atoms with Crippen molar-refractivity contribution >= 4 is 29.1 Å². The monoisotopic (exact) mass is 405 g/mol. The van der Waals surface area contributed by atoms with E-state index in [1.54, 1.807) is 29.2 Å². The maximum atomic E-state index is 12.6. The molecule has 3 amide bonds. The molecule has 1 heterocycles. The van der Waals surface area contributed by atoms with Crippen LogP contribution in [-0.2, 0) is 22.4 Å². The van der Waals surface area contributed by atoms with E-state index in [-0.39, 0.29) is 36.1 Å². The number of fused-ring (bicyclic) bond motifs is 1. The van der Waals surface area contributed by atoms with Crippen molar-refractivity contribution in [1.29, 1.82) is 0 Å². The number of amides is 3. The molecule has 2 aromatic rings. The van der Waals surface area contributed by atoms with Gasteiger partial charge in [0.2, 0.25) is 11.8 Å².